The summed E-state index contributed by atoms with van der Waals surface area (Å²) in [7, 11) is 0. The van der Waals surface area contributed by atoms with E-state index in [1.165, 1.54) is 4.90 Å². The highest BCUT2D eigenvalue weighted by Gasteiger charge is 2.75. The van der Waals surface area contributed by atoms with Crippen LogP contribution < -0.4 is 5.32 Å². The van der Waals surface area contributed by atoms with Crippen LogP contribution >= 0.6 is 0 Å². The number of nitrogens with zero attached hydrogens (tertiary/aromatic N) is 2. The summed E-state index contributed by atoms with van der Waals surface area (Å²) in [5.74, 6) is -3.47. The minimum Gasteiger partial charge on any atom is -0.455 e. The summed E-state index contributed by atoms with van der Waals surface area (Å²) in [5, 5.41) is 13.7. The average Bonchev–Trinajstić information content (AvgIpc) is 3.75. The molecule has 0 aromatic heterocycles. The number of esters is 1. The van der Waals surface area contributed by atoms with Crippen LogP contribution in [0.4, 0.5) is 0 Å². The smallest absolute Gasteiger partial charge is 0.313 e. The molecule has 10 heteroatoms. The lowest BCUT2D eigenvalue weighted by molar-refractivity contribution is -0.162. The summed E-state index contributed by atoms with van der Waals surface area (Å²) in [6.45, 7) is 13.0. The molecule has 262 valence electrons. The number of allylic oxidation sites excluding steroid dienone is 1. The van der Waals surface area contributed by atoms with Crippen molar-refractivity contribution in [3.05, 3.63) is 97.1 Å². The molecule has 8 atom stereocenters. The Hall–Kier alpha value is -4.28. The number of carbonyl (C=O) groups excluding carboxylic acids is 4. The van der Waals surface area contributed by atoms with E-state index >= 15 is 0 Å². The van der Waals surface area contributed by atoms with E-state index in [0.29, 0.717) is 31.2 Å². The Kier molecular flexibility index (Phi) is 11.4. The fourth-order valence-electron chi connectivity index (χ4n) is 7.96. The number of likely N-dealkylation sites (tertiary alicyclic amines) is 1. The first-order chi connectivity index (χ1) is 23.6. The van der Waals surface area contributed by atoms with Gasteiger partial charge in [-0.2, -0.15) is 0 Å². The van der Waals surface area contributed by atoms with E-state index in [0.717, 1.165) is 5.56 Å². The average molecular weight is 672 g/mol. The monoisotopic (exact) mass is 671 g/mol. The number of hydrogen-bond donors (Lipinski definition) is 2. The lowest BCUT2D eigenvalue weighted by atomic mass is 9.70. The third-order valence-electron chi connectivity index (χ3n) is 10.2. The van der Waals surface area contributed by atoms with Gasteiger partial charge in [0, 0.05) is 19.0 Å². The number of nitrogens with one attached hydrogen (secondary N) is 1. The van der Waals surface area contributed by atoms with Gasteiger partial charge >= 0.3 is 5.97 Å². The summed E-state index contributed by atoms with van der Waals surface area (Å²) >= 11 is 0. The second-order valence-electron chi connectivity index (χ2n) is 13.7. The lowest BCUT2D eigenvalue weighted by Crippen LogP contribution is -2.60. The molecule has 0 saturated carbocycles. The first kappa shape index (κ1) is 36.0. The molecule has 49 heavy (non-hydrogen) atoms. The number of carbonyl (C=O) groups is 4. The number of aliphatic hydroxyl groups is 1. The largest absolute Gasteiger partial charge is 0.455 e. The Morgan fingerprint density at radius 3 is 2.37 bits per heavy atom. The van der Waals surface area contributed by atoms with E-state index in [4.69, 9.17) is 9.47 Å². The molecule has 0 radical (unpaired) electrons. The van der Waals surface area contributed by atoms with E-state index < -0.39 is 59.6 Å². The molecule has 3 amide bonds. The van der Waals surface area contributed by atoms with Crippen LogP contribution in [-0.4, -0.2) is 87.6 Å². The Bertz CT molecular complexity index is 1510. The summed E-state index contributed by atoms with van der Waals surface area (Å²) in [6, 6.07) is 16.1. The van der Waals surface area contributed by atoms with E-state index in [1.807, 2.05) is 74.5 Å². The topological polar surface area (TPSA) is 125 Å². The first-order valence-corrected chi connectivity index (χ1v) is 17.3. The third kappa shape index (κ3) is 7.07. The van der Waals surface area contributed by atoms with Crippen molar-refractivity contribution in [3.8, 4) is 0 Å². The Morgan fingerprint density at radius 1 is 1.08 bits per heavy atom. The predicted octanol–water partition coefficient (Wildman–Crippen LogP) is 4.14. The van der Waals surface area contributed by atoms with E-state index in [2.05, 4.69) is 18.5 Å². The molecular weight excluding hydrogens is 622 g/mol. The summed E-state index contributed by atoms with van der Waals surface area (Å²) < 4.78 is 12.9. The normalized spacial score (nSPS) is 25.7. The highest BCUT2D eigenvalue weighted by atomic mass is 16.6. The molecular formula is C39H49N3O7. The predicted molar refractivity (Wildman–Crippen MR) is 185 cm³/mol. The van der Waals surface area contributed by atoms with Crippen molar-refractivity contribution in [2.45, 2.75) is 94.9 Å². The summed E-state index contributed by atoms with van der Waals surface area (Å²) in [6.07, 6.45) is 3.81. The minimum atomic E-state index is -1.27. The molecule has 2 aromatic rings. The maximum absolute atomic E-state index is 14.7. The number of hydrogen-bond acceptors (Lipinski definition) is 7. The van der Waals surface area contributed by atoms with Crippen molar-refractivity contribution in [1.29, 1.82) is 0 Å². The Morgan fingerprint density at radius 2 is 1.76 bits per heavy atom. The van der Waals surface area contributed by atoms with Crippen LogP contribution in [0.3, 0.4) is 0 Å². The standard InChI is InChI=1S/C39H49N3O7/c1-6-8-19-31(44)40-26(5)34(28-17-13-10-14-18-28)48-38(47)32-30-20-21-39(49-30)33(32)36(45)42(29(24-43)23-27-15-11-9-12-16-27)35(39)37(46)41(22-7-2)25(3)4/h6-7,9-18,25-26,29-30,32-35,43H,1-2,8,19-24H2,3-5H3,(H,40,44)/t26-,29+,30-,32+,33+,34-,35-,39+/m0/s1. The number of fused-ring (bicyclic) bond motifs is 1. The molecule has 1 spiro atoms. The maximum atomic E-state index is 14.7. The molecule has 3 fully saturated rings. The third-order valence-corrected chi connectivity index (χ3v) is 10.2. The fourth-order valence-corrected chi connectivity index (χ4v) is 7.96. The van der Waals surface area contributed by atoms with Crippen molar-refractivity contribution in [2.24, 2.45) is 11.8 Å². The summed E-state index contributed by atoms with van der Waals surface area (Å²) in [4.78, 5) is 59.5. The number of ether oxygens (including phenoxy) is 2. The SMILES string of the molecule is C=CCCC(=O)N[C@@H](C)[C@H](OC(=O)[C@@H]1[C@@H]2CC[C@]3(O2)[C@H](C(=O)N(CC=C)C(C)C)N([C@@H](CO)Cc2ccccc2)C(=O)[C@@H]13)c1ccccc1. The van der Waals surface area contributed by atoms with Gasteiger partial charge in [0.25, 0.3) is 0 Å². The van der Waals surface area contributed by atoms with Gasteiger partial charge in [0.05, 0.1) is 36.6 Å². The fraction of sp³-hybridized carbons (Fsp3) is 0.487. The maximum Gasteiger partial charge on any atom is 0.313 e. The van der Waals surface area contributed by atoms with Crippen molar-refractivity contribution in [3.63, 3.8) is 0 Å². The molecule has 3 aliphatic heterocycles. The van der Waals surface area contributed by atoms with Crippen molar-refractivity contribution in [1.82, 2.24) is 15.1 Å². The zero-order valence-corrected chi connectivity index (χ0v) is 28.7. The lowest BCUT2D eigenvalue weighted by Gasteiger charge is -2.40. The van der Waals surface area contributed by atoms with Crippen LogP contribution in [0.15, 0.2) is 86.0 Å². The first-order valence-electron chi connectivity index (χ1n) is 17.3. The highest BCUT2D eigenvalue weighted by molar-refractivity contribution is 5.98. The number of rotatable bonds is 16. The second kappa shape index (κ2) is 15.5. The molecule has 2 aromatic carbocycles. The molecule has 2 bridgehead atoms. The van der Waals surface area contributed by atoms with Gasteiger partial charge in [0.15, 0.2) is 0 Å². The van der Waals surface area contributed by atoms with Gasteiger partial charge < -0.3 is 29.7 Å². The second-order valence-corrected chi connectivity index (χ2v) is 13.7. The van der Waals surface area contributed by atoms with Crippen LogP contribution in [0, 0.1) is 11.8 Å². The van der Waals surface area contributed by atoms with Gasteiger partial charge in [-0.05, 0) is 57.6 Å². The van der Waals surface area contributed by atoms with Gasteiger partial charge in [0.2, 0.25) is 17.7 Å². The molecule has 2 N–H and O–H groups in total. The molecule has 10 nitrogen and oxygen atoms in total. The molecule has 3 heterocycles. The number of amides is 3. The van der Waals surface area contributed by atoms with Gasteiger partial charge in [0.1, 0.15) is 17.7 Å². The van der Waals surface area contributed by atoms with Crippen LogP contribution in [0.2, 0.25) is 0 Å². The van der Waals surface area contributed by atoms with Crippen molar-refractivity contribution >= 4 is 23.7 Å². The van der Waals surface area contributed by atoms with Crippen LogP contribution in [0.1, 0.15) is 63.7 Å². The Labute approximate surface area is 289 Å². The van der Waals surface area contributed by atoms with E-state index in [1.54, 1.807) is 24.0 Å². The van der Waals surface area contributed by atoms with Gasteiger partial charge in [-0.25, -0.2) is 0 Å². The van der Waals surface area contributed by atoms with Crippen LogP contribution in [-0.2, 0) is 35.1 Å². The quantitative estimate of drug-likeness (QED) is 0.203. The van der Waals surface area contributed by atoms with E-state index in [-0.39, 0.29) is 37.4 Å². The molecule has 5 rings (SSSR count). The Balaban J connectivity index is 1.50. The highest BCUT2D eigenvalue weighted by Crippen LogP contribution is 2.59. The molecule has 0 unspecified atom stereocenters. The molecule has 0 aliphatic carbocycles. The zero-order chi connectivity index (χ0) is 35.3. The van der Waals surface area contributed by atoms with Gasteiger partial charge in [-0.1, -0.05) is 72.8 Å². The van der Waals surface area contributed by atoms with Gasteiger partial charge in [-0.3, -0.25) is 19.2 Å². The summed E-state index contributed by atoms with van der Waals surface area (Å²) in [5.41, 5.74) is 0.324. The number of benzene rings is 2. The molecule has 3 saturated heterocycles. The molecule has 3 aliphatic rings. The minimum absolute atomic E-state index is 0.197. The zero-order valence-electron chi connectivity index (χ0n) is 28.7. The van der Waals surface area contributed by atoms with Crippen molar-refractivity contribution < 1.29 is 33.8 Å². The van der Waals surface area contributed by atoms with Crippen LogP contribution in [0.5, 0.6) is 0 Å². The van der Waals surface area contributed by atoms with Gasteiger partial charge in [-0.15, -0.1) is 13.2 Å². The van der Waals surface area contributed by atoms with E-state index in [9.17, 15) is 24.3 Å². The van der Waals surface area contributed by atoms with Crippen LogP contribution in [0.25, 0.3) is 0 Å². The number of aliphatic hydroxyl groups excluding tert-OH is 1. The van der Waals surface area contributed by atoms with Crippen molar-refractivity contribution in [2.75, 3.05) is 13.2 Å².